The molecule has 2 heterocycles. The summed E-state index contributed by atoms with van der Waals surface area (Å²) >= 11 is 0. The lowest BCUT2D eigenvalue weighted by atomic mass is 10.1. The number of carbonyl (C=O) groups excluding carboxylic acids is 1. The number of fused-ring (bicyclic) bond motifs is 1. The van der Waals surface area contributed by atoms with Gasteiger partial charge in [-0.15, -0.1) is 0 Å². The molecule has 1 radical (unpaired) electrons. The Labute approximate surface area is 202 Å². The van der Waals surface area contributed by atoms with Crippen LogP contribution in [0.5, 0.6) is 11.5 Å². The van der Waals surface area contributed by atoms with Crippen molar-refractivity contribution < 1.29 is 14.3 Å². The van der Waals surface area contributed by atoms with Gasteiger partial charge in [-0.05, 0) is 42.5 Å². The summed E-state index contributed by atoms with van der Waals surface area (Å²) in [5.41, 5.74) is 4.11. The van der Waals surface area contributed by atoms with Crippen molar-refractivity contribution in [1.82, 2.24) is 14.4 Å². The maximum atomic E-state index is 12.8. The molecule has 0 saturated carbocycles. The Kier molecular flexibility index (Phi) is 6.00. The Morgan fingerprint density at radius 1 is 1.00 bits per heavy atom. The van der Waals surface area contributed by atoms with E-state index in [1.54, 1.807) is 38.6 Å². The minimum Gasteiger partial charge on any atom is -0.493 e. The van der Waals surface area contributed by atoms with Gasteiger partial charge < -0.3 is 24.5 Å². The number of nitrogens with one attached hydrogen (secondary N) is 2. The molecule has 3 aromatic carbocycles. The minimum atomic E-state index is -0.209. The van der Waals surface area contributed by atoms with E-state index in [1.165, 1.54) is 0 Å². The van der Waals surface area contributed by atoms with Crippen LogP contribution in [0.4, 0.5) is 17.2 Å². The van der Waals surface area contributed by atoms with E-state index in [0.717, 1.165) is 11.3 Å². The molecular weight excluding hydrogens is 442 g/mol. The van der Waals surface area contributed by atoms with Crippen LogP contribution in [0.3, 0.4) is 0 Å². The van der Waals surface area contributed by atoms with Crippen LogP contribution in [0.1, 0.15) is 10.4 Å². The lowest BCUT2D eigenvalue weighted by Crippen LogP contribution is -2.11. The topological polar surface area (TPSA) is 89.8 Å². The van der Waals surface area contributed by atoms with E-state index in [-0.39, 0.29) is 5.91 Å². The number of anilines is 3. The Hall–Kier alpha value is -4.85. The van der Waals surface area contributed by atoms with Crippen molar-refractivity contribution in [2.45, 2.75) is 0 Å². The number of nitrogens with zero attached hydrogens (tertiary/aromatic N) is 3. The molecule has 5 rings (SSSR count). The summed E-state index contributed by atoms with van der Waals surface area (Å²) in [5.74, 6) is 1.59. The van der Waals surface area contributed by atoms with Crippen LogP contribution in [0.2, 0.25) is 0 Å². The third-order valence-corrected chi connectivity index (χ3v) is 5.41. The molecule has 0 aliphatic carbocycles. The summed E-state index contributed by atoms with van der Waals surface area (Å²) in [6.45, 7) is 0. The average molecular weight is 465 g/mol. The highest BCUT2D eigenvalue weighted by Gasteiger charge is 2.13. The van der Waals surface area contributed by atoms with Crippen LogP contribution in [0, 0.1) is 6.07 Å². The number of imidazole rings is 1. The number of ether oxygens (including phenoxy) is 2. The van der Waals surface area contributed by atoms with Gasteiger partial charge in [-0.3, -0.25) is 4.79 Å². The van der Waals surface area contributed by atoms with Crippen LogP contribution in [0.15, 0.2) is 85.3 Å². The van der Waals surface area contributed by atoms with Crippen LogP contribution in [-0.2, 0) is 0 Å². The number of rotatable bonds is 7. The minimum absolute atomic E-state index is 0.209. The summed E-state index contributed by atoms with van der Waals surface area (Å²) in [7, 11) is 3.18. The first-order valence-corrected chi connectivity index (χ1v) is 10.9. The molecule has 1 amide bonds. The van der Waals surface area contributed by atoms with Crippen molar-refractivity contribution in [1.29, 1.82) is 0 Å². The molecule has 2 N–H and O–H groups in total. The molecule has 173 valence electrons. The van der Waals surface area contributed by atoms with E-state index >= 15 is 0 Å². The fourth-order valence-corrected chi connectivity index (χ4v) is 3.70. The Morgan fingerprint density at radius 3 is 2.69 bits per heavy atom. The molecule has 8 nitrogen and oxygen atoms in total. The van der Waals surface area contributed by atoms with Crippen molar-refractivity contribution >= 4 is 28.7 Å². The molecule has 0 aliphatic heterocycles. The number of methoxy groups -OCH3 is 2. The molecule has 0 unspecified atom stereocenters. The second-order valence-corrected chi connectivity index (χ2v) is 7.65. The number of amides is 1. The maximum absolute atomic E-state index is 12.8. The first-order chi connectivity index (χ1) is 17.1. The van der Waals surface area contributed by atoms with Gasteiger partial charge in [0.1, 0.15) is 0 Å². The fraction of sp³-hybridized carbons (Fsp3) is 0.0741. The summed E-state index contributed by atoms with van der Waals surface area (Å²) < 4.78 is 12.6. The van der Waals surface area contributed by atoms with Gasteiger partial charge in [0, 0.05) is 47.2 Å². The Bertz CT molecular complexity index is 1500. The third-order valence-electron chi connectivity index (χ3n) is 5.41. The molecule has 0 bridgehead atoms. The van der Waals surface area contributed by atoms with E-state index in [0.29, 0.717) is 39.9 Å². The fourth-order valence-electron chi connectivity index (χ4n) is 3.70. The highest BCUT2D eigenvalue weighted by Crippen LogP contribution is 2.32. The van der Waals surface area contributed by atoms with Crippen molar-refractivity contribution in [3.8, 4) is 22.8 Å². The van der Waals surface area contributed by atoms with Crippen LogP contribution in [-0.4, -0.2) is 34.5 Å². The average Bonchev–Trinajstić information content (AvgIpc) is 3.38. The third kappa shape index (κ3) is 4.63. The van der Waals surface area contributed by atoms with E-state index in [4.69, 9.17) is 14.5 Å². The summed E-state index contributed by atoms with van der Waals surface area (Å²) in [6.07, 6.45) is 5.44. The SMILES string of the molecule is COc1ccc(Nc2nc(-c3cccc(C(=O)Nc4c[c]ccc4)c3)cn3ccnc23)cc1OC. The Morgan fingerprint density at radius 2 is 1.89 bits per heavy atom. The molecule has 0 fully saturated rings. The van der Waals surface area contributed by atoms with Gasteiger partial charge in [0.25, 0.3) is 5.91 Å². The van der Waals surface area contributed by atoms with E-state index in [9.17, 15) is 4.79 Å². The predicted octanol–water partition coefficient (Wildman–Crippen LogP) is 5.21. The van der Waals surface area contributed by atoms with Gasteiger partial charge in [-0.1, -0.05) is 24.3 Å². The molecule has 0 atom stereocenters. The van der Waals surface area contributed by atoms with E-state index in [1.807, 2.05) is 65.3 Å². The largest absolute Gasteiger partial charge is 0.493 e. The standard InChI is InChI=1S/C27H22N5O3/c1-34-23-12-11-21(16-24(23)35-2)29-25-26-28-13-14-32(26)17-22(31-25)18-7-6-8-19(15-18)27(33)30-20-9-4-3-5-10-20/h3-4,6-17H,1-2H3,(H,29,31)(H,30,33). The molecule has 0 spiro atoms. The number of carbonyl (C=O) groups is 1. The van der Waals surface area contributed by atoms with E-state index in [2.05, 4.69) is 21.7 Å². The molecule has 35 heavy (non-hydrogen) atoms. The first kappa shape index (κ1) is 22.0. The highest BCUT2D eigenvalue weighted by atomic mass is 16.5. The van der Waals surface area contributed by atoms with Gasteiger partial charge >= 0.3 is 0 Å². The number of benzene rings is 3. The summed E-state index contributed by atoms with van der Waals surface area (Å²) in [5, 5.41) is 6.21. The number of hydrogen-bond donors (Lipinski definition) is 2. The van der Waals surface area contributed by atoms with Crippen molar-refractivity contribution in [3.63, 3.8) is 0 Å². The van der Waals surface area contributed by atoms with Crippen LogP contribution < -0.4 is 20.1 Å². The maximum Gasteiger partial charge on any atom is 0.255 e. The molecule has 8 heteroatoms. The normalized spacial score (nSPS) is 10.7. The monoisotopic (exact) mass is 464 g/mol. The zero-order valence-corrected chi connectivity index (χ0v) is 19.1. The predicted molar refractivity (Wildman–Crippen MR) is 134 cm³/mol. The second kappa shape index (κ2) is 9.56. The summed E-state index contributed by atoms with van der Waals surface area (Å²) in [4.78, 5) is 22.0. The number of hydrogen-bond acceptors (Lipinski definition) is 6. The first-order valence-electron chi connectivity index (χ1n) is 10.9. The highest BCUT2D eigenvalue weighted by molar-refractivity contribution is 6.04. The zero-order valence-electron chi connectivity index (χ0n) is 19.1. The molecule has 5 aromatic rings. The quantitative estimate of drug-likeness (QED) is 0.344. The van der Waals surface area contributed by atoms with Crippen LogP contribution >= 0.6 is 0 Å². The molecular formula is C27H22N5O3. The van der Waals surface area contributed by atoms with Crippen LogP contribution in [0.25, 0.3) is 16.9 Å². The van der Waals surface area contributed by atoms with Gasteiger partial charge in [0.2, 0.25) is 0 Å². The van der Waals surface area contributed by atoms with Crippen molar-refractivity contribution in [2.24, 2.45) is 0 Å². The second-order valence-electron chi connectivity index (χ2n) is 7.65. The van der Waals surface area contributed by atoms with Crippen molar-refractivity contribution in [2.75, 3.05) is 24.9 Å². The smallest absolute Gasteiger partial charge is 0.255 e. The summed E-state index contributed by atoms with van der Waals surface area (Å²) in [6, 6.07) is 23.0. The van der Waals surface area contributed by atoms with Gasteiger partial charge in [0.05, 0.1) is 19.9 Å². The zero-order chi connectivity index (χ0) is 24.2. The van der Waals surface area contributed by atoms with Gasteiger partial charge in [-0.2, -0.15) is 0 Å². The molecule has 2 aromatic heterocycles. The van der Waals surface area contributed by atoms with Crippen molar-refractivity contribution in [3.05, 3.63) is 97.0 Å². The molecule has 0 aliphatic rings. The lowest BCUT2D eigenvalue weighted by molar-refractivity contribution is 0.102. The molecule has 0 saturated heterocycles. The Balaban J connectivity index is 1.48. The van der Waals surface area contributed by atoms with E-state index < -0.39 is 0 Å². The van der Waals surface area contributed by atoms with Gasteiger partial charge in [-0.25, -0.2) is 9.97 Å². The lowest BCUT2D eigenvalue weighted by Gasteiger charge is -2.13. The van der Waals surface area contributed by atoms with Gasteiger partial charge in [0.15, 0.2) is 23.0 Å². The number of aromatic nitrogens is 3.